The molecular weight excluding hydrogens is 241 g/mol. The third-order valence-corrected chi connectivity index (χ3v) is 2.31. The van der Waals surface area contributed by atoms with Crippen LogP contribution in [-0.2, 0) is 6.42 Å². The Kier molecular flexibility index (Phi) is 2.98. The molecule has 0 heterocycles. The monoisotopic (exact) mass is 247 g/mol. The van der Waals surface area contributed by atoms with Crippen molar-refractivity contribution in [2.24, 2.45) is 0 Å². The predicted octanol–water partition coefficient (Wildman–Crippen LogP) is 3.06. The molecule has 1 aromatic rings. The first-order valence-corrected chi connectivity index (χ1v) is 4.48. The molecule has 0 saturated heterocycles. The molecule has 0 fully saturated rings. The van der Waals surface area contributed by atoms with Crippen LogP contribution in [0.4, 0.5) is 10.1 Å². The van der Waals surface area contributed by atoms with Crippen molar-refractivity contribution in [3.05, 3.63) is 38.1 Å². The van der Waals surface area contributed by atoms with Gasteiger partial charge in [-0.2, -0.15) is 0 Å². The molecule has 0 atom stereocenters. The molecule has 0 N–H and O–H groups in total. The van der Waals surface area contributed by atoms with E-state index in [1.165, 1.54) is 6.07 Å². The van der Waals surface area contributed by atoms with Crippen LogP contribution in [0.25, 0.3) is 0 Å². The van der Waals surface area contributed by atoms with Gasteiger partial charge in [0.05, 0.1) is 15.5 Å². The lowest BCUT2D eigenvalue weighted by Crippen LogP contribution is -1.95. The van der Waals surface area contributed by atoms with E-state index in [4.69, 9.17) is 0 Å². The van der Waals surface area contributed by atoms with Crippen LogP contribution in [0, 0.1) is 15.9 Å². The molecule has 1 aromatic carbocycles. The normalized spacial score (nSPS) is 10.1. The molecule has 0 spiro atoms. The maximum atomic E-state index is 12.9. The number of rotatable bonds is 2. The van der Waals surface area contributed by atoms with Crippen LogP contribution in [0.1, 0.15) is 12.5 Å². The predicted molar refractivity (Wildman–Crippen MR) is 50.1 cm³/mol. The van der Waals surface area contributed by atoms with Crippen LogP contribution in [0.5, 0.6) is 0 Å². The van der Waals surface area contributed by atoms with Crippen molar-refractivity contribution in [3.8, 4) is 0 Å². The average Bonchev–Trinajstić information content (AvgIpc) is 2.08. The molecule has 3 nitrogen and oxygen atoms in total. The van der Waals surface area contributed by atoms with E-state index in [-0.39, 0.29) is 10.2 Å². The van der Waals surface area contributed by atoms with E-state index < -0.39 is 10.7 Å². The van der Waals surface area contributed by atoms with Crippen LogP contribution in [0.3, 0.4) is 0 Å². The van der Waals surface area contributed by atoms with Gasteiger partial charge in [-0.15, -0.1) is 0 Å². The molecule has 70 valence electrons. The second-order valence-corrected chi connectivity index (χ2v) is 3.36. The Morgan fingerprint density at radius 3 is 2.69 bits per heavy atom. The Morgan fingerprint density at radius 1 is 1.62 bits per heavy atom. The van der Waals surface area contributed by atoms with Crippen LogP contribution < -0.4 is 0 Å². The van der Waals surface area contributed by atoms with E-state index in [0.717, 1.165) is 6.07 Å². The number of nitro groups is 1. The van der Waals surface area contributed by atoms with E-state index in [0.29, 0.717) is 12.0 Å². The minimum absolute atomic E-state index is 0.164. The van der Waals surface area contributed by atoms with Crippen LogP contribution >= 0.6 is 15.9 Å². The number of aryl methyl sites for hydroxylation is 1. The van der Waals surface area contributed by atoms with Gasteiger partial charge < -0.3 is 0 Å². The number of nitrogens with zero attached hydrogens (tertiary/aromatic N) is 1. The molecule has 0 aliphatic rings. The van der Waals surface area contributed by atoms with Gasteiger partial charge in [-0.3, -0.25) is 10.1 Å². The summed E-state index contributed by atoms with van der Waals surface area (Å²) in [5.74, 6) is -0.607. The van der Waals surface area contributed by atoms with Gasteiger partial charge in [0.25, 0.3) is 5.69 Å². The molecule has 0 aromatic heterocycles. The van der Waals surface area contributed by atoms with Crippen molar-refractivity contribution in [3.63, 3.8) is 0 Å². The van der Waals surface area contributed by atoms with Crippen molar-refractivity contribution >= 4 is 21.6 Å². The minimum Gasteiger partial charge on any atom is -0.258 e. The Bertz CT molecular complexity index is 354. The molecule has 0 radical (unpaired) electrons. The summed E-state index contributed by atoms with van der Waals surface area (Å²) in [5.41, 5.74) is 0.362. The van der Waals surface area contributed by atoms with Crippen molar-refractivity contribution in [1.82, 2.24) is 0 Å². The summed E-state index contributed by atoms with van der Waals surface area (Å²) < 4.78 is 13.2. The third kappa shape index (κ3) is 2.03. The molecule has 0 saturated carbocycles. The highest BCUT2D eigenvalue weighted by Crippen LogP contribution is 2.26. The Hall–Kier alpha value is -0.970. The van der Waals surface area contributed by atoms with Crippen molar-refractivity contribution in [2.75, 3.05) is 0 Å². The topological polar surface area (TPSA) is 43.1 Å². The van der Waals surface area contributed by atoms with E-state index in [1.807, 2.05) is 0 Å². The number of nitro benzene ring substituents is 1. The largest absolute Gasteiger partial charge is 0.275 e. The lowest BCUT2D eigenvalue weighted by molar-refractivity contribution is -0.385. The first kappa shape index (κ1) is 10.1. The molecule has 0 unspecified atom stereocenters. The Balaban J connectivity index is 3.33. The van der Waals surface area contributed by atoms with Crippen LogP contribution in [0.15, 0.2) is 16.6 Å². The van der Waals surface area contributed by atoms with Crippen LogP contribution in [-0.4, -0.2) is 4.92 Å². The Morgan fingerprint density at radius 2 is 2.23 bits per heavy atom. The second-order valence-electron chi connectivity index (χ2n) is 2.51. The molecule has 13 heavy (non-hydrogen) atoms. The Labute approximate surface area is 82.8 Å². The summed E-state index contributed by atoms with van der Waals surface area (Å²) in [7, 11) is 0. The highest BCUT2D eigenvalue weighted by Gasteiger charge is 2.15. The number of benzene rings is 1. The summed E-state index contributed by atoms with van der Waals surface area (Å²) in [6, 6.07) is 2.37. The number of hydrogen-bond acceptors (Lipinski definition) is 2. The van der Waals surface area contributed by atoms with Gasteiger partial charge in [-0.05, 0) is 28.4 Å². The molecule has 0 bridgehead atoms. The maximum Gasteiger partial charge on any atom is 0.275 e. The van der Waals surface area contributed by atoms with Gasteiger partial charge in [0.2, 0.25) is 0 Å². The molecular formula is C8H7BrFNO2. The zero-order chi connectivity index (χ0) is 10.0. The van der Waals surface area contributed by atoms with E-state index in [1.54, 1.807) is 6.92 Å². The van der Waals surface area contributed by atoms with Gasteiger partial charge in [0.15, 0.2) is 0 Å². The van der Waals surface area contributed by atoms with Gasteiger partial charge in [0.1, 0.15) is 5.82 Å². The molecule has 0 amide bonds. The summed E-state index contributed by atoms with van der Waals surface area (Å²) >= 11 is 2.97. The van der Waals surface area contributed by atoms with Gasteiger partial charge in [-0.25, -0.2) is 4.39 Å². The maximum absolute atomic E-state index is 12.9. The highest BCUT2D eigenvalue weighted by atomic mass is 79.9. The van der Waals surface area contributed by atoms with E-state index >= 15 is 0 Å². The fourth-order valence-electron chi connectivity index (χ4n) is 1.03. The lowest BCUT2D eigenvalue weighted by atomic mass is 10.1. The van der Waals surface area contributed by atoms with E-state index in [2.05, 4.69) is 15.9 Å². The first-order chi connectivity index (χ1) is 6.06. The molecule has 5 heteroatoms. The number of halogens is 2. The SMILES string of the molecule is CCc1cc(Br)c(F)cc1[N+](=O)[O-]. The second kappa shape index (κ2) is 3.83. The molecule has 0 aliphatic heterocycles. The van der Waals surface area contributed by atoms with Crippen molar-refractivity contribution < 1.29 is 9.31 Å². The van der Waals surface area contributed by atoms with Crippen molar-refractivity contribution in [1.29, 1.82) is 0 Å². The quantitative estimate of drug-likeness (QED) is 0.596. The van der Waals surface area contributed by atoms with Gasteiger partial charge in [0, 0.05) is 5.56 Å². The molecule has 1 rings (SSSR count). The minimum atomic E-state index is -0.607. The highest BCUT2D eigenvalue weighted by molar-refractivity contribution is 9.10. The third-order valence-electron chi connectivity index (χ3n) is 1.70. The van der Waals surface area contributed by atoms with Gasteiger partial charge in [-0.1, -0.05) is 6.92 Å². The standard InChI is InChI=1S/C8H7BrFNO2/c1-2-5-3-6(9)7(10)4-8(5)11(12)13/h3-4H,2H2,1H3. The van der Waals surface area contributed by atoms with Crippen molar-refractivity contribution in [2.45, 2.75) is 13.3 Å². The first-order valence-electron chi connectivity index (χ1n) is 3.68. The van der Waals surface area contributed by atoms with Gasteiger partial charge >= 0.3 is 0 Å². The zero-order valence-corrected chi connectivity index (χ0v) is 8.47. The summed E-state index contributed by atoms with van der Waals surface area (Å²) in [5, 5.41) is 10.5. The molecule has 0 aliphatic carbocycles. The van der Waals surface area contributed by atoms with E-state index in [9.17, 15) is 14.5 Å². The smallest absolute Gasteiger partial charge is 0.258 e. The fourth-order valence-corrected chi connectivity index (χ4v) is 1.42. The fraction of sp³-hybridized carbons (Fsp3) is 0.250. The van der Waals surface area contributed by atoms with Crippen LogP contribution in [0.2, 0.25) is 0 Å². The number of hydrogen-bond donors (Lipinski definition) is 0. The zero-order valence-electron chi connectivity index (χ0n) is 6.88. The average molecular weight is 248 g/mol. The summed E-state index contributed by atoms with van der Waals surface area (Å²) in [4.78, 5) is 9.89. The summed E-state index contributed by atoms with van der Waals surface area (Å²) in [6.07, 6.45) is 0.509. The lowest BCUT2D eigenvalue weighted by Gasteiger charge is -2.01. The summed E-state index contributed by atoms with van der Waals surface area (Å²) in [6.45, 7) is 1.78.